The minimum Gasteiger partial charge on any atom is -0.484 e. The summed E-state index contributed by atoms with van der Waals surface area (Å²) in [5.74, 6) is 1.03. The van der Waals surface area contributed by atoms with Gasteiger partial charge in [0.05, 0.1) is 11.9 Å². The molecule has 1 aromatic heterocycles. The summed E-state index contributed by atoms with van der Waals surface area (Å²) in [4.78, 5) is 16.3. The molecule has 0 saturated heterocycles. The van der Waals surface area contributed by atoms with E-state index in [4.69, 9.17) is 16.3 Å². The molecule has 1 heterocycles. The minimum absolute atomic E-state index is 0.0931. The summed E-state index contributed by atoms with van der Waals surface area (Å²) in [5.41, 5.74) is 3.96. The van der Waals surface area contributed by atoms with E-state index in [1.165, 1.54) is 5.56 Å². The third-order valence-corrected chi connectivity index (χ3v) is 4.13. The molecule has 27 heavy (non-hydrogen) atoms. The maximum absolute atomic E-state index is 12.0. The molecular weight excluding hydrogens is 362 g/mol. The Kier molecular flexibility index (Phi) is 5.94. The molecule has 3 aromatic rings. The van der Waals surface area contributed by atoms with Crippen molar-refractivity contribution in [2.45, 2.75) is 13.8 Å². The zero-order valence-electron chi connectivity index (χ0n) is 15.1. The third kappa shape index (κ3) is 5.46. The summed E-state index contributed by atoms with van der Waals surface area (Å²) in [6.45, 7) is 4.01. The lowest BCUT2D eigenvalue weighted by Crippen LogP contribution is -2.20. The molecule has 5 nitrogen and oxygen atoms in total. The van der Waals surface area contributed by atoms with E-state index in [9.17, 15) is 4.79 Å². The maximum Gasteiger partial charge on any atom is 0.262 e. The van der Waals surface area contributed by atoms with Crippen LogP contribution in [0.1, 0.15) is 11.1 Å². The number of hydrogen-bond acceptors (Lipinski definition) is 4. The highest BCUT2D eigenvalue weighted by Gasteiger charge is 2.05. The van der Waals surface area contributed by atoms with Crippen LogP contribution in [0.2, 0.25) is 5.02 Å². The van der Waals surface area contributed by atoms with Gasteiger partial charge in [-0.3, -0.25) is 4.79 Å². The number of amides is 1. The van der Waals surface area contributed by atoms with Crippen molar-refractivity contribution >= 4 is 34.7 Å². The topological polar surface area (TPSA) is 63.2 Å². The van der Waals surface area contributed by atoms with Crippen LogP contribution in [0.5, 0.6) is 5.75 Å². The summed E-state index contributed by atoms with van der Waals surface area (Å²) in [5, 5.41) is 6.64. The molecule has 0 aliphatic carbocycles. The minimum atomic E-state index is -0.262. The molecule has 138 valence electrons. The first kappa shape index (κ1) is 18.7. The van der Waals surface area contributed by atoms with Crippen LogP contribution >= 0.6 is 11.6 Å². The normalized spacial score (nSPS) is 10.3. The molecule has 2 aromatic carbocycles. The van der Waals surface area contributed by atoms with Gasteiger partial charge in [0.15, 0.2) is 6.61 Å². The number of carbonyl (C=O) groups excluding carboxylic acids is 1. The number of ether oxygens (including phenoxy) is 1. The number of nitrogens with one attached hydrogen (secondary N) is 2. The predicted octanol–water partition coefficient (Wildman–Crippen LogP) is 5.11. The predicted molar refractivity (Wildman–Crippen MR) is 109 cm³/mol. The molecule has 0 unspecified atom stereocenters. The number of carbonyl (C=O) groups is 1. The van der Waals surface area contributed by atoms with Crippen molar-refractivity contribution in [3.05, 3.63) is 76.9 Å². The highest BCUT2D eigenvalue weighted by Crippen LogP contribution is 2.21. The van der Waals surface area contributed by atoms with Crippen LogP contribution in [0.3, 0.4) is 0 Å². The van der Waals surface area contributed by atoms with E-state index in [0.717, 1.165) is 11.3 Å². The molecular formula is C21H20ClN3O2. The van der Waals surface area contributed by atoms with E-state index in [1.54, 1.807) is 36.5 Å². The van der Waals surface area contributed by atoms with Crippen molar-refractivity contribution in [1.82, 2.24) is 4.98 Å². The van der Waals surface area contributed by atoms with Crippen molar-refractivity contribution in [1.29, 1.82) is 0 Å². The van der Waals surface area contributed by atoms with E-state index in [2.05, 4.69) is 28.6 Å². The van der Waals surface area contributed by atoms with Crippen LogP contribution in [0, 0.1) is 13.8 Å². The third-order valence-electron chi connectivity index (χ3n) is 3.88. The molecule has 6 heteroatoms. The molecule has 0 spiro atoms. The van der Waals surface area contributed by atoms with E-state index in [0.29, 0.717) is 22.3 Å². The molecule has 1 amide bonds. The monoisotopic (exact) mass is 381 g/mol. The fourth-order valence-corrected chi connectivity index (χ4v) is 2.64. The molecule has 0 radical (unpaired) electrons. The largest absolute Gasteiger partial charge is 0.484 e. The van der Waals surface area contributed by atoms with Gasteiger partial charge in [-0.2, -0.15) is 0 Å². The van der Waals surface area contributed by atoms with Crippen molar-refractivity contribution in [2.24, 2.45) is 0 Å². The molecule has 0 atom stereocenters. The van der Waals surface area contributed by atoms with Gasteiger partial charge in [-0.05, 0) is 61.9 Å². The van der Waals surface area contributed by atoms with Gasteiger partial charge in [0.2, 0.25) is 0 Å². The molecule has 0 aliphatic rings. The molecule has 0 bridgehead atoms. The van der Waals surface area contributed by atoms with Crippen molar-refractivity contribution in [2.75, 3.05) is 17.2 Å². The lowest BCUT2D eigenvalue weighted by atomic mass is 10.1. The van der Waals surface area contributed by atoms with Crippen LogP contribution in [0.15, 0.2) is 60.8 Å². The van der Waals surface area contributed by atoms with Gasteiger partial charge in [0.25, 0.3) is 5.91 Å². The highest BCUT2D eigenvalue weighted by atomic mass is 35.5. The van der Waals surface area contributed by atoms with Gasteiger partial charge >= 0.3 is 0 Å². The fraction of sp³-hybridized carbons (Fsp3) is 0.143. The van der Waals surface area contributed by atoms with E-state index < -0.39 is 0 Å². The first-order valence-electron chi connectivity index (χ1n) is 8.48. The Morgan fingerprint density at radius 3 is 2.52 bits per heavy atom. The Morgan fingerprint density at radius 1 is 1.07 bits per heavy atom. The quantitative estimate of drug-likeness (QED) is 0.622. The SMILES string of the molecule is Cc1ccc(Nc2ccc(NC(=O)COc3ccc(Cl)cc3)cn2)c(C)c1. The number of rotatable bonds is 6. The fourth-order valence-electron chi connectivity index (χ4n) is 2.51. The van der Waals surface area contributed by atoms with Gasteiger partial charge < -0.3 is 15.4 Å². The number of aryl methyl sites for hydroxylation is 2. The summed E-state index contributed by atoms with van der Waals surface area (Å²) in [6.07, 6.45) is 1.60. The first-order chi connectivity index (χ1) is 13.0. The number of aromatic nitrogens is 1. The average Bonchev–Trinajstić information content (AvgIpc) is 2.65. The van der Waals surface area contributed by atoms with Crippen molar-refractivity contribution in [3.8, 4) is 5.75 Å². The molecule has 2 N–H and O–H groups in total. The van der Waals surface area contributed by atoms with Gasteiger partial charge in [-0.15, -0.1) is 0 Å². The summed E-state index contributed by atoms with van der Waals surface area (Å²) in [6, 6.07) is 16.6. The second-order valence-corrected chi connectivity index (χ2v) is 6.60. The van der Waals surface area contributed by atoms with Crippen molar-refractivity contribution in [3.63, 3.8) is 0 Å². The average molecular weight is 382 g/mol. The zero-order chi connectivity index (χ0) is 19.2. The summed E-state index contributed by atoms with van der Waals surface area (Å²) < 4.78 is 5.42. The van der Waals surface area contributed by atoms with Gasteiger partial charge in [-0.1, -0.05) is 29.3 Å². The van der Waals surface area contributed by atoms with Crippen LogP contribution in [-0.4, -0.2) is 17.5 Å². The lowest BCUT2D eigenvalue weighted by molar-refractivity contribution is -0.118. The van der Waals surface area contributed by atoms with Gasteiger partial charge in [0, 0.05) is 10.7 Å². The number of halogens is 1. The highest BCUT2D eigenvalue weighted by molar-refractivity contribution is 6.30. The van der Waals surface area contributed by atoms with Crippen LogP contribution < -0.4 is 15.4 Å². The van der Waals surface area contributed by atoms with Gasteiger partial charge in [-0.25, -0.2) is 4.98 Å². The number of nitrogens with zero attached hydrogens (tertiary/aromatic N) is 1. The lowest BCUT2D eigenvalue weighted by Gasteiger charge is -2.11. The van der Waals surface area contributed by atoms with Crippen LogP contribution in [0.25, 0.3) is 0 Å². The molecule has 0 fully saturated rings. The van der Waals surface area contributed by atoms with Crippen LogP contribution in [-0.2, 0) is 4.79 Å². The van der Waals surface area contributed by atoms with Gasteiger partial charge in [0.1, 0.15) is 11.6 Å². The van der Waals surface area contributed by atoms with Crippen LogP contribution in [0.4, 0.5) is 17.2 Å². The number of benzene rings is 2. The molecule has 0 aliphatic heterocycles. The number of anilines is 3. The van der Waals surface area contributed by atoms with E-state index >= 15 is 0 Å². The summed E-state index contributed by atoms with van der Waals surface area (Å²) in [7, 11) is 0. The smallest absolute Gasteiger partial charge is 0.262 e. The Bertz CT molecular complexity index is 925. The Hall–Kier alpha value is -3.05. The molecule has 0 saturated carbocycles. The van der Waals surface area contributed by atoms with E-state index in [-0.39, 0.29) is 12.5 Å². The Labute approximate surface area is 163 Å². The Balaban J connectivity index is 1.53. The first-order valence-corrected chi connectivity index (χ1v) is 8.86. The molecule has 3 rings (SSSR count). The Morgan fingerprint density at radius 2 is 1.85 bits per heavy atom. The zero-order valence-corrected chi connectivity index (χ0v) is 15.9. The van der Waals surface area contributed by atoms with E-state index in [1.807, 2.05) is 25.1 Å². The second-order valence-electron chi connectivity index (χ2n) is 6.17. The maximum atomic E-state index is 12.0. The summed E-state index contributed by atoms with van der Waals surface area (Å²) >= 11 is 5.81. The number of hydrogen-bond donors (Lipinski definition) is 2. The second kappa shape index (κ2) is 8.56. The number of pyridine rings is 1. The van der Waals surface area contributed by atoms with Crippen molar-refractivity contribution < 1.29 is 9.53 Å². The standard InChI is InChI=1S/C21H20ClN3O2/c1-14-3-9-19(15(2)11-14)25-20-10-6-17(12-23-20)24-21(26)13-27-18-7-4-16(22)5-8-18/h3-12H,13H2,1-2H3,(H,23,25)(H,24,26).